The molecule has 0 aromatic heterocycles. The topological polar surface area (TPSA) is 41.9 Å². The molecule has 1 aliphatic heterocycles. The second-order valence-corrected chi connectivity index (χ2v) is 5.24. The van der Waals surface area contributed by atoms with Gasteiger partial charge in [-0.3, -0.25) is 4.90 Å². The molecule has 0 atom stereocenters. The Morgan fingerprint density at radius 3 is 2.45 bits per heavy atom. The molecule has 0 saturated carbocycles. The molecule has 2 aromatic rings. The summed E-state index contributed by atoms with van der Waals surface area (Å²) in [4.78, 5) is 1.81. The quantitative estimate of drug-likeness (QED) is 0.943. The summed E-state index contributed by atoms with van der Waals surface area (Å²) in [6, 6.07) is 6.71. The lowest BCUT2D eigenvalue weighted by Crippen LogP contribution is -2.18. The Balaban J connectivity index is 1.73. The zero-order chi connectivity index (χ0) is 15.7. The van der Waals surface area contributed by atoms with Crippen LogP contribution in [0.1, 0.15) is 11.1 Å². The Labute approximate surface area is 126 Å². The van der Waals surface area contributed by atoms with E-state index in [1.807, 2.05) is 4.90 Å². The number of nitrogens with zero attached hydrogens (tertiary/aromatic N) is 1. The third kappa shape index (κ3) is 2.96. The highest BCUT2D eigenvalue weighted by atomic mass is 19.1. The van der Waals surface area contributed by atoms with Crippen molar-refractivity contribution >= 4 is 0 Å². The van der Waals surface area contributed by atoms with Gasteiger partial charge in [0.1, 0.15) is 17.4 Å². The van der Waals surface area contributed by atoms with Crippen molar-refractivity contribution in [1.29, 1.82) is 0 Å². The number of rotatable bonds is 4. The first-order chi connectivity index (χ1) is 10.5. The van der Waals surface area contributed by atoms with Gasteiger partial charge in [0.15, 0.2) is 11.5 Å². The molecule has 22 heavy (non-hydrogen) atoms. The average Bonchev–Trinajstić information content (AvgIpc) is 2.89. The lowest BCUT2D eigenvalue weighted by atomic mass is 10.1. The summed E-state index contributed by atoms with van der Waals surface area (Å²) in [5.74, 6) is -0.00241. The van der Waals surface area contributed by atoms with Crippen LogP contribution in [0, 0.1) is 11.6 Å². The molecular weight excluding hydrogens is 292 g/mol. The number of hydrogen-bond acceptors (Lipinski definition) is 4. The average molecular weight is 307 g/mol. The fourth-order valence-electron chi connectivity index (χ4n) is 2.39. The van der Waals surface area contributed by atoms with Crippen molar-refractivity contribution in [3.8, 4) is 17.2 Å². The number of phenols is 1. The van der Waals surface area contributed by atoms with E-state index < -0.39 is 11.6 Å². The summed E-state index contributed by atoms with van der Waals surface area (Å²) in [6.45, 7) is 0.814. The molecule has 3 rings (SSSR count). The van der Waals surface area contributed by atoms with Gasteiger partial charge in [-0.1, -0.05) is 6.07 Å². The molecule has 2 aromatic carbocycles. The molecule has 1 aliphatic rings. The molecule has 0 bridgehead atoms. The molecule has 0 amide bonds. The van der Waals surface area contributed by atoms with Gasteiger partial charge in [0.05, 0.1) is 0 Å². The lowest BCUT2D eigenvalue weighted by Gasteiger charge is -2.18. The minimum atomic E-state index is -0.600. The van der Waals surface area contributed by atoms with E-state index in [0.717, 1.165) is 6.07 Å². The highest BCUT2D eigenvalue weighted by Gasteiger charge is 2.18. The van der Waals surface area contributed by atoms with E-state index in [9.17, 15) is 13.9 Å². The van der Waals surface area contributed by atoms with Gasteiger partial charge in [0, 0.05) is 36.3 Å². The molecule has 0 radical (unpaired) electrons. The molecule has 0 aliphatic carbocycles. The van der Waals surface area contributed by atoms with Gasteiger partial charge in [-0.2, -0.15) is 0 Å². The zero-order valence-electron chi connectivity index (χ0n) is 12.0. The molecule has 0 fully saturated rings. The van der Waals surface area contributed by atoms with Crippen LogP contribution in [0.25, 0.3) is 0 Å². The summed E-state index contributed by atoms with van der Waals surface area (Å²) in [5, 5.41) is 9.99. The number of halogens is 2. The minimum Gasteiger partial charge on any atom is -0.507 e. The molecule has 116 valence electrons. The van der Waals surface area contributed by atoms with Crippen LogP contribution in [0.2, 0.25) is 0 Å². The van der Waals surface area contributed by atoms with Crippen molar-refractivity contribution < 1.29 is 23.4 Å². The van der Waals surface area contributed by atoms with Crippen LogP contribution < -0.4 is 9.47 Å². The molecule has 1 N–H and O–H groups in total. The maximum absolute atomic E-state index is 13.7. The van der Waals surface area contributed by atoms with E-state index in [2.05, 4.69) is 0 Å². The second kappa shape index (κ2) is 5.81. The Kier molecular flexibility index (Phi) is 3.85. The highest BCUT2D eigenvalue weighted by Crippen LogP contribution is 2.38. The van der Waals surface area contributed by atoms with Crippen LogP contribution >= 0.6 is 0 Å². The third-order valence-electron chi connectivity index (χ3n) is 3.47. The molecule has 0 unspecified atom stereocenters. The van der Waals surface area contributed by atoms with Gasteiger partial charge in [-0.05, 0) is 19.2 Å². The Morgan fingerprint density at radius 1 is 1.05 bits per heavy atom. The lowest BCUT2D eigenvalue weighted by molar-refractivity contribution is 0.174. The van der Waals surface area contributed by atoms with E-state index in [-0.39, 0.29) is 12.5 Å². The van der Waals surface area contributed by atoms with Crippen LogP contribution in [-0.2, 0) is 13.1 Å². The maximum atomic E-state index is 13.7. The van der Waals surface area contributed by atoms with Gasteiger partial charge in [-0.25, -0.2) is 8.78 Å². The fraction of sp³-hybridized carbons (Fsp3) is 0.250. The largest absolute Gasteiger partial charge is 0.507 e. The summed E-state index contributed by atoms with van der Waals surface area (Å²) >= 11 is 0. The monoisotopic (exact) mass is 307 g/mol. The zero-order valence-corrected chi connectivity index (χ0v) is 12.0. The Morgan fingerprint density at radius 2 is 1.73 bits per heavy atom. The van der Waals surface area contributed by atoms with Gasteiger partial charge in [0.25, 0.3) is 0 Å². The first-order valence-corrected chi connectivity index (χ1v) is 6.77. The van der Waals surface area contributed by atoms with Crippen molar-refractivity contribution in [3.05, 3.63) is 53.1 Å². The summed E-state index contributed by atoms with van der Waals surface area (Å²) in [7, 11) is 1.78. The normalized spacial score (nSPS) is 12.9. The smallest absolute Gasteiger partial charge is 0.231 e. The molecule has 0 saturated heterocycles. The first-order valence-electron chi connectivity index (χ1n) is 6.77. The fourth-order valence-corrected chi connectivity index (χ4v) is 2.39. The number of ether oxygens (including phenoxy) is 2. The number of aromatic hydroxyl groups is 1. The van der Waals surface area contributed by atoms with E-state index in [1.54, 1.807) is 13.1 Å². The summed E-state index contributed by atoms with van der Waals surface area (Å²) < 4.78 is 37.0. The Hall–Kier alpha value is -2.34. The van der Waals surface area contributed by atoms with Gasteiger partial charge in [0.2, 0.25) is 6.79 Å². The highest BCUT2D eigenvalue weighted by molar-refractivity contribution is 5.51. The van der Waals surface area contributed by atoms with Crippen LogP contribution in [0.5, 0.6) is 17.2 Å². The van der Waals surface area contributed by atoms with Crippen LogP contribution in [-0.4, -0.2) is 23.8 Å². The van der Waals surface area contributed by atoms with Crippen molar-refractivity contribution in [3.63, 3.8) is 0 Å². The standard InChI is InChI=1S/C16H15F2NO3/c1-19(7-10-2-3-12(17)5-13(10)18)8-11-4-15-16(6-14(11)20)22-9-21-15/h2-6,20H,7-9H2,1H3. The first kappa shape index (κ1) is 14.6. The predicted octanol–water partition coefficient (Wildman–Crippen LogP) is 3.03. The molecular formula is C16H15F2NO3. The van der Waals surface area contributed by atoms with E-state index in [0.29, 0.717) is 35.7 Å². The summed E-state index contributed by atoms with van der Waals surface area (Å²) in [6.07, 6.45) is 0. The van der Waals surface area contributed by atoms with Crippen molar-refractivity contribution in [2.75, 3.05) is 13.8 Å². The van der Waals surface area contributed by atoms with Crippen LogP contribution in [0.4, 0.5) is 8.78 Å². The third-order valence-corrected chi connectivity index (χ3v) is 3.47. The van der Waals surface area contributed by atoms with Crippen molar-refractivity contribution in [2.24, 2.45) is 0 Å². The number of phenolic OH excluding ortho intramolecular Hbond substituents is 1. The Bertz CT molecular complexity index is 706. The maximum Gasteiger partial charge on any atom is 0.231 e. The molecule has 6 heteroatoms. The minimum absolute atomic E-state index is 0.0932. The molecule has 4 nitrogen and oxygen atoms in total. The SMILES string of the molecule is CN(Cc1cc2c(cc1O)OCO2)Cc1ccc(F)cc1F. The molecule has 0 spiro atoms. The van der Waals surface area contributed by atoms with E-state index >= 15 is 0 Å². The van der Waals surface area contributed by atoms with Gasteiger partial charge < -0.3 is 14.6 Å². The van der Waals surface area contributed by atoms with E-state index in [1.165, 1.54) is 18.2 Å². The van der Waals surface area contributed by atoms with Crippen LogP contribution in [0.3, 0.4) is 0 Å². The number of benzene rings is 2. The van der Waals surface area contributed by atoms with Gasteiger partial charge >= 0.3 is 0 Å². The van der Waals surface area contributed by atoms with E-state index in [4.69, 9.17) is 9.47 Å². The summed E-state index contributed by atoms with van der Waals surface area (Å²) in [5.41, 5.74) is 1.04. The second-order valence-electron chi connectivity index (χ2n) is 5.24. The number of fused-ring (bicyclic) bond motifs is 1. The number of hydrogen-bond donors (Lipinski definition) is 1. The van der Waals surface area contributed by atoms with Gasteiger partial charge in [-0.15, -0.1) is 0 Å². The predicted molar refractivity (Wildman–Crippen MR) is 75.8 cm³/mol. The van der Waals surface area contributed by atoms with Crippen molar-refractivity contribution in [1.82, 2.24) is 4.90 Å². The van der Waals surface area contributed by atoms with Crippen molar-refractivity contribution in [2.45, 2.75) is 13.1 Å². The molecule has 1 heterocycles. The van der Waals surface area contributed by atoms with Crippen LogP contribution in [0.15, 0.2) is 30.3 Å².